The summed E-state index contributed by atoms with van der Waals surface area (Å²) in [4.78, 5) is 7.41. The van der Waals surface area contributed by atoms with E-state index < -0.39 is 0 Å². The zero-order valence-corrected chi connectivity index (χ0v) is 11.5. The Morgan fingerprint density at radius 2 is 2.06 bits per heavy atom. The highest BCUT2D eigenvalue weighted by Crippen LogP contribution is 2.19. The summed E-state index contributed by atoms with van der Waals surface area (Å²) < 4.78 is 0. The molecule has 0 aliphatic carbocycles. The first-order chi connectivity index (χ1) is 8.69. The molecule has 0 saturated heterocycles. The second kappa shape index (κ2) is 6.03. The number of H-pyrrole nitrogens is 1. The quantitative estimate of drug-likeness (QED) is 0.865. The van der Waals surface area contributed by atoms with Gasteiger partial charge in [0.05, 0.1) is 0 Å². The molecule has 1 atom stereocenters. The van der Waals surface area contributed by atoms with Crippen LogP contribution in [-0.2, 0) is 6.54 Å². The van der Waals surface area contributed by atoms with Gasteiger partial charge in [0.1, 0.15) is 5.82 Å². The summed E-state index contributed by atoms with van der Waals surface area (Å²) in [5, 5.41) is 4.30. The van der Waals surface area contributed by atoms with Crippen LogP contribution in [-0.4, -0.2) is 9.97 Å². The number of aryl methyl sites for hydroxylation is 1. The second-order valence-corrected chi connectivity index (χ2v) is 4.82. The summed E-state index contributed by atoms with van der Waals surface area (Å²) in [6, 6.07) is 8.35. The van der Waals surface area contributed by atoms with Gasteiger partial charge >= 0.3 is 0 Å². The third kappa shape index (κ3) is 3.34. The van der Waals surface area contributed by atoms with Crippen molar-refractivity contribution in [1.82, 2.24) is 15.3 Å². The van der Waals surface area contributed by atoms with Crippen molar-refractivity contribution in [3.05, 3.63) is 52.6 Å². The minimum absolute atomic E-state index is 0.339. The lowest BCUT2D eigenvalue weighted by molar-refractivity contribution is 0.515. The number of nitrogens with one attached hydrogen (secondary N) is 2. The number of halogens is 1. The molecule has 0 spiro atoms. The van der Waals surface area contributed by atoms with Crippen LogP contribution in [0.25, 0.3) is 0 Å². The van der Waals surface area contributed by atoms with Gasteiger partial charge < -0.3 is 10.3 Å². The van der Waals surface area contributed by atoms with Gasteiger partial charge in [0.25, 0.3) is 0 Å². The third-order valence-electron chi connectivity index (χ3n) is 2.98. The fourth-order valence-corrected chi connectivity index (χ4v) is 2.11. The molecule has 2 aromatic rings. The predicted molar refractivity (Wildman–Crippen MR) is 74.6 cm³/mol. The van der Waals surface area contributed by atoms with Gasteiger partial charge in [-0.3, -0.25) is 0 Å². The van der Waals surface area contributed by atoms with Crippen molar-refractivity contribution in [2.24, 2.45) is 0 Å². The van der Waals surface area contributed by atoms with E-state index in [1.165, 1.54) is 5.56 Å². The van der Waals surface area contributed by atoms with Crippen LogP contribution in [0.4, 0.5) is 0 Å². The predicted octanol–water partition coefficient (Wildman–Crippen LogP) is 3.61. The number of benzene rings is 1. The first-order valence-corrected chi connectivity index (χ1v) is 6.56. The van der Waals surface area contributed by atoms with Crippen molar-refractivity contribution in [2.45, 2.75) is 32.9 Å². The molecule has 0 radical (unpaired) electrons. The normalized spacial score (nSPS) is 12.6. The molecule has 2 N–H and O–H groups in total. The van der Waals surface area contributed by atoms with Crippen LogP contribution in [0.15, 0.2) is 30.5 Å². The van der Waals surface area contributed by atoms with Crippen LogP contribution in [0.5, 0.6) is 0 Å². The summed E-state index contributed by atoms with van der Waals surface area (Å²) in [5.41, 5.74) is 2.37. The van der Waals surface area contributed by atoms with E-state index in [4.69, 9.17) is 11.6 Å². The Hall–Kier alpha value is -1.32. The molecule has 3 nitrogen and oxygen atoms in total. The molecule has 96 valence electrons. The molecule has 18 heavy (non-hydrogen) atoms. The van der Waals surface area contributed by atoms with E-state index in [0.717, 1.165) is 29.5 Å². The third-order valence-corrected chi connectivity index (χ3v) is 3.23. The Bertz CT molecular complexity index is 490. The highest BCUT2D eigenvalue weighted by Gasteiger charge is 2.09. The molecule has 1 unspecified atom stereocenters. The average molecular weight is 264 g/mol. The maximum absolute atomic E-state index is 5.90. The van der Waals surface area contributed by atoms with E-state index in [2.05, 4.69) is 34.3 Å². The van der Waals surface area contributed by atoms with Gasteiger partial charge in [0.2, 0.25) is 0 Å². The summed E-state index contributed by atoms with van der Waals surface area (Å²) >= 11 is 5.90. The molecule has 1 aromatic heterocycles. The van der Waals surface area contributed by atoms with Crippen LogP contribution in [0.2, 0.25) is 5.02 Å². The van der Waals surface area contributed by atoms with Gasteiger partial charge in [0.15, 0.2) is 0 Å². The Morgan fingerprint density at radius 3 is 2.61 bits per heavy atom. The number of aromatic nitrogens is 2. The summed E-state index contributed by atoms with van der Waals surface area (Å²) in [5.74, 6) is 0.950. The largest absolute Gasteiger partial charge is 0.345 e. The molecule has 0 aliphatic heterocycles. The Kier molecular flexibility index (Phi) is 4.39. The fraction of sp³-hybridized carbons (Fsp3) is 0.357. The van der Waals surface area contributed by atoms with Gasteiger partial charge in [0, 0.05) is 29.5 Å². The number of aromatic amines is 1. The standard InChI is InChI=1S/C14H18ClN3/c1-3-14(11-4-6-12(15)7-5-11)17-9-13-8-16-10(2)18-13/h4-8,14,17H,3,9H2,1-2H3,(H,16,18). The Morgan fingerprint density at radius 1 is 1.33 bits per heavy atom. The topological polar surface area (TPSA) is 40.7 Å². The lowest BCUT2D eigenvalue weighted by Crippen LogP contribution is -2.20. The molecule has 0 fully saturated rings. The van der Waals surface area contributed by atoms with Crippen molar-refractivity contribution in [3.8, 4) is 0 Å². The summed E-state index contributed by atoms with van der Waals surface area (Å²) in [7, 11) is 0. The van der Waals surface area contributed by atoms with Gasteiger partial charge in [-0.2, -0.15) is 0 Å². The Balaban J connectivity index is 1.99. The number of rotatable bonds is 5. The minimum atomic E-state index is 0.339. The van der Waals surface area contributed by atoms with Gasteiger partial charge in [-0.05, 0) is 31.0 Å². The molecule has 0 aliphatic rings. The van der Waals surface area contributed by atoms with Crippen LogP contribution in [0.1, 0.15) is 36.5 Å². The maximum atomic E-state index is 5.90. The van der Waals surface area contributed by atoms with E-state index in [-0.39, 0.29) is 0 Å². The number of hydrogen-bond donors (Lipinski definition) is 2. The van der Waals surface area contributed by atoms with Crippen LogP contribution >= 0.6 is 11.6 Å². The molecular formula is C14H18ClN3. The smallest absolute Gasteiger partial charge is 0.103 e. The average Bonchev–Trinajstić information content (AvgIpc) is 2.78. The molecule has 0 bridgehead atoms. The highest BCUT2D eigenvalue weighted by atomic mass is 35.5. The van der Waals surface area contributed by atoms with Crippen LogP contribution < -0.4 is 5.32 Å². The van der Waals surface area contributed by atoms with Crippen molar-refractivity contribution in [1.29, 1.82) is 0 Å². The monoisotopic (exact) mass is 263 g/mol. The molecule has 0 saturated carbocycles. The van der Waals surface area contributed by atoms with Crippen LogP contribution in [0, 0.1) is 6.92 Å². The van der Waals surface area contributed by atoms with Crippen molar-refractivity contribution >= 4 is 11.6 Å². The zero-order valence-electron chi connectivity index (χ0n) is 10.7. The second-order valence-electron chi connectivity index (χ2n) is 4.39. The van der Waals surface area contributed by atoms with Gasteiger partial charge in [-0.1, -0.05) is 30.7 Å². The van der Waals surface area contributed by atoms with Gasteiger partial charge in [-0.15, -0.1) is 0 Å². The number of imidazole rings is 1. The first kappa shape index (κ1) is 13.1. The van der Waals surface area contributed by atoms with Crippen molar-refractivity contribution < 1.29 is 0 Å². The zero-order chi connectivity index (χ0) is 13.0. The fourth-order valence-electron chi connectivity index (χ4n) is 1.99. The highest BCUT2D eigenvalue weighted by molar-refractivity contribution is 6.30. The van der Waals surface area contributed by atoms with Gasteiger partial charge in [-0.25, -0.2) is 4.98 Å². The molecule has 4 heteroatoms. The molecular weight excluding hydrogens is 246 g/mol. The minimum Gasteiger partial charge on any atom is -0.345 e. The SMILES string of the molecule is CCC(NCc1cnc(C)[nH]1)c1ccc(Cl)cc1. The van der Waals surface area contributed by atoms with E-state index >= 15 is 0 Å². The molecule has 0 amide bonds. The lowest BCUT2D eigenvalue weighted by Gasteiger charge is -2.17. The van der Waals surface area contributed by atoms with E-state index in [9.17, 15) is 0 Å². The van der Waals surface area contributed by atoms with E-state index in [1.807, 2.05) is 25.3 Å². The van der Waals surface area contributed by atoms with Crippen molar-refractivity contribution in [3.63, 3.8) is 0 Å². The lowest BCUT2D eigenvalue weighted by atomic mass is 10.0. The number of nitrogens with zero attached hydrogens (tertiary/aromatic N) is 1. The number of hydrogen-bond acceptors (Lipinski definition) is 2. The van der Waals surface area contributed by atoms with Crippen molar-refractivity contribution in [2.75, 3.05) is 0 Å². The molecule has 1 aromatic carbocycles. The molecule has 1 heterocycles. The summed E-state index contributed by atoms with van der Waals surface area (Å²) in [6.07, 6.45) is 2.91. The van der Waals surface area contributed by atoms with E-state index in [1.54, 1.807) is 0 Å². The van der Waals surface area contributed by atoms with Crippen LogP contribution in [0.3, 0.4) is 0 Å². The first-order valence-electron chi connectivity index (χ1n) is 6.18. The molecule has 2 rings (SSSR count). The maximum Gasteiger partial charge on any atom is 0.103 e. The summed E-state index contributed by atoms with van der Waals surface area (Å²) in [6.45, 7) is 4.92. The van der Waals surface area contributed by atoms with E-state index in [0.29, 0.717) is 6.04 Å². The Labute approximate surface area is 113 Å².